The normalized spacial score (nSPS) is 11.5. The maximum absolute atomic E-state index is 11.9. The molecule has 0 aliphatic rings. The highest BCUT2D eigenvalue weighted by Crippen LogP contribution is 2.48. The Balaban J connectivity index is 1.48. The number of nitrogens with zero attached hydrogens (tertiary/aromatic N) is 6. The standard InChI is InChI=1S/C53H32N6/c1-32-19-25-48-40(27-32)41-28-33(2)20-26-49(41)57(48)51-42(30-55)52(58-44-15-7-3-11-36(44)37-12-4-8-16-45(37)58)50(35-23-21-34(29-54)22-24-35)53(43(51)31-56)59-46-17-9-5-13-38(46)39-14-6-10-18-47(39)59/h3-28H,1-2H3. The maximum Gasteiger partial charge on any atom is 0.104 e. The van der Waals surface area contributed by atoms with E-state index in [0.29, 0.717) is 39.3 Å². The summed E-state index contributed by atoms with van der Waals surface area (Å²) in [5.74, 6) is 0. The second kappa shape index (κ2) is 12.8. The Morgan fingerprint density at radius 3 is 1.08 bits per heavy atom. The first-order valence-corrected chi connectivity index (χ1v) is 19.5. The number of nitriles is 3. The van der Waals surface area contributed by atoms with Crippen LogP contribution >= 0.6 is 0 Å². The topological polar surface area (TPSA) is 86.2 Å². The first kappa shape index (κ1) is 33.9. The number of hydrogen-bond acceptors (Lipinski definition) is 3. The van der Waals surface area contributed by atoms with Crippen molar-refractivity contribution in [2.75, 3.05) is 0 Å². The zero-order chi connectivity index (χ0) is 39.9. The van der Waals surface area contributed by atoms with E-state index in [2.05, 4.69) is 131 Å². The molecule has 0 spiro atoms. The molecule has 59 heavy (non-hydrogen) atoms. The number of benzene rings is 8. The van der Waals surface area contributed by atoms with Crippen molar-refractivity contribution >= 4 is 65.4 Å². The van der Waals surface area contributed by atoms with Crippen LogP contribution in [0, 0.1) is 47.8 Å². The lowest BCUT2D eigenvalue weighted by Crippen LogP contribution is -2.14. The largest absolute Gasteiger partial charge is 0.307 e. The van der Waals surface area contributed by atoms with Crippen LogP contribution in [0.3, 0.4) is 0 Å². The van der Waals surface area contributed by atoms with Crippen LogP contribution in [-0.2, 0) is 0 Å². The third-order valence-electron chi connectivity index (χ3n) is 11.9. The van der Waals surface area contributed by atoms with Crippen molar-refractivity contribution in [1.82, 2.24) is 13.7 Å². The van der Waals surface area contributed by atoms with Gasteiger partial charge in [0.05, 0.1) is 61.8 Å². The minimum Gasteiger partial charge on any atom is -0.307 e. The Morgan fingerprint density at radius 2 is 0.712 bits per heavy atom. The van der Waals surface area contributed by atoms with E-state index in [9.17, 15) is 15.8 Å². The third kappa shape index (κ3) is 4.77. The van der Waals surface area contributed by atoms with Crippen molar-refractivity contribution in [3.8, 4) is 46.4 Å². The summed E-state index contributed by atoms with van der Waals surface area (Å²) in [6, 6.07) is 61.2. The Morgan fingerprint density at radius 1 is 0.356 bits per heavy atom. The molecule has 0 unspecified atom stereocenters. The monoisotopic (exact) mass is 752 g/mol. The zero-order valence-corrected chi connectivity index (χ0v) is 32.2. The summed E-state index contributed by atoms with van der Waals surface area (Å²) in [5.41, 5.74) is 12.3. The van der Waals surface area contributed by atoms with Crippen LogP contribution in [0.2, 0.25) is 0 Å². The van der Waals surface area contributed by atoms with E-state index >= 15 is 0 Å². The summed E-state index contributed by atoms with van der Waals surface area (Å²) in [6.07, 6.45) is 0. The minimum absolute atomic E-state index is 0.358. The SMILES string of the molecule is Cc1ccc2c(c1)c1cc(C)ccc1n2-c1c(C#N)c(-n2c3ccccc3c3ccccc32)c(-c2ccc(C#N)cc2)c(-n2c3ccccc3c3ccccc32)c1C#N. The maximum atomic E-state index is 11.9. The second-order valence-corrected chi connectivity index (χ2v) is 15.2. The van der Waals surface area contributed by atoms with Crippen LogP contribution in [0.4, 0.5) is 0 Å². The quantitative estimate of drug-likeness (QED) is 0.179. The lowest BCUT2D eigenvalue weighted by atomic mass is 9.91. The molecular weight excluding hydrogens is 721 g/mol. The highest BCUT2D eigenvalue weighted by molar-refractivity contribution is 6.14. The summed E-state index contributed by atoms with van der Waals surface area (Å²) >= 11 is 0. The fourth-order valence-corrected chi connectivity index (χ4v) is 9.40. The molecule has 0 N–H and O–H groups in total. The van der Waals surface area contributed by atoms with E-state index < -0.39 is 0 Å². The molecule has 6 nitrogen and oxygen atoms in total. The van der Waals surface area contributed by atoms with Gasteiger partial charge in [-0.3, -0.25) is 0 Å². The van der Waals surface area contributed by atoms with E-state index in [-0.39, 0.29) is 0 Å². The smallest absolute Gasteiger partial charge is 0.104 e. The Labute approximate surface area is 339 Å². The first-order valence-electron chi connectivity index (χ1n) is 19.5. The number of fused-ring (bicyclic) bond motifs is 9. The van der Waals surface area contributed by atoms with E-state index in [1.807, 2.05) is 72.8 Å². The van der Waals surface area contributed by atoms with Crippen LogP contribution in [0.5, 0.6) is 0 Å². The molecule has 0 radical (unpaired) electrons. The van der Waals surface area contributed by atoms with Gasteiger partial charge in [0.2, 0.25) is 0 Å². The van der Waals surface area contributed by atoms with Crippen molar-refractivity contribution in [3.63, 3.8) is 0 Å². The predicted molar refractivity (Wildman–Crippen MR) is 239 cm³/mol. The van der Waals surface area contributed by atoms with Crippen molar-refractivity contribution < 1.29 is 0 Å². The fraction of sp³-hybridized carbons (Fsp3) is 0.0377. The molecule has 274 valence electrons. The number of rotatable bonds is 4. The molecule has 0 saturated heterocycles. The molecule has 0 atom stereocenters. The summed E-state index contributed by atoms with van der Waals surface area (Å²) in [7, 11) is 0. The summed E-state index contributed by atoms with van der Waals surface area (Å²) < 4.78 is 6.56. The minimum atomic E-state index is 0.358. The molecule has 0 amide bonds. The average Bonchev–Trinajstić information content (AvgIpc) is 3.90. The first-order chi connectivity index (χ1) is 29.0. The van der Waals surface area contributed by atoms with Crippen molar-refractivity contribution in [3.05, 3.63) is 186 Å². The Kier molecular flexibility index (Phi) is 7.38. The molecule has 0 fully saturated rings. The van der Waals surface area contributed by atoms with Crippen molar-refractivity contribution in [1.29, 1.82) is 15.8 Å². The van der Waals surface area contributed by atoms with Gasteiger partial charge >= 0.3 is 0 Å². The van der Waals surface area contributed by atoms with Gasteiger partial charge in [-0.05, 0) is 80.1 Å². The summed E-state index contributed by atoms with van der Waals surface area (Å²) in [6.45, 7) is 4.18. The molecule has 11 aromatic rings. The van der Waals surface area contributed by atoms with Gasteiger partial charge in [0.25, 0.3) is 0 Å². The molecule has 3 heterocycles. The molecule has 0 aliphatic heterocycles. The number of aryl methyl sites for hydroxylation is 2. The van der Waals surface area contributed by atoms with Crippen molar-refractivity contribution in [2.45, 2.75) is 13.8 Å². The van der Waals surface area contributed by atoms with Crippen LogP contribution in [0.25, 0.3) is 93.6 Å². The molecule has 0 bridgehead atoms. The van der Waals surface area contributed by atoms with Gasteiger partial charge < -0.3 is 13.7 Å². The molecule has 3 aromatic heterocycles. The van der Waals surface area contributed by atoms with Crippen molar-refractivity contribution in [2.24, 2.45) is 0 Å². The molecule has 6 heteroatoms. The van der Waals surface area contributed by atoms with Crippen LogP contribution in [0.15, 0.2) is 158 Å². The van der Waals surface area contributed by atoms with Gasteiger partial charge in [0, 0.05) is 37.9 Å². The van der Waals surface area contributed by atoms with Crippen LogP contribution in [0.1, 0.15) is 27.8 Å². The van der Waals surface area contributed by atoms with Gasteiger partial charge in [-0.1, -0.05) is 108 Å². The zero-order valence-electron chi connectivity index (χ0n) is 32.2. The van der Waals surface area contributed by atoms with E-state index in [0.717, 1.165) is 82.1 Å². The van der Waals surface area contributed by atoms with Gasteiger partial charge in [0.15, 0.2) is 0 Å². The van der Waals surface area contributed by atoms with E-state index in [4.69, 9.17) is 0 Å². The van der Waals surface area contributed by atoms with Gasteiger partial charge in [0.1, 0.15) is 23.3 Å². The third-order valence-corrected chi connectivity index (χ3v) is 11.9. The molecular formula is C53H32N6. The Bertz CT molecular complexity index is 3400. The van der Waals surface area contributed by atoms with Crippen LogP contribution < -0.4 is 0 Å². The fourth-order valence-electron chi connectivity index (χ4n) is 9.40. The highest BCUT2D eigenvalue weighted by atomic mass is 15.1. The lowest BCUT2D eigenvalue weighted by molar-refractivity contribution is 1.08. The van der Waals surface area contributed by atoms with Crippen LogP contribution in [-0.4, -0.2) is 13.7 Å². The number of aromatic nitrogens is 3. The summed E-state index contributed by atoms with van der Waals surface area (Å²) in [4.78, 5) is 0. The van der Waals surface area contributed by atoms with Gasteiger partial charge in [-0.15, -0.1) is 0 Å². The average molecular weight is 753 g/mol. The summed E-state index contributed by atoms with van der Waals surface area (Å²) in [5, 5.41) is 40.0. The van der Waals surface area contributed by atoms with Gasteiger partial charge in [-0.25, -0.2) is 0 Å². The molecule has 0 aliphatic carbocycles. The van der Waals surface area contributed by atoms with Gasteiger partial charge in [-0.2, -0.15) is 15.8 Å². The Hall–Kier alpha value is -8.37. The lowest BCUT2D eigenvalue weighted by Gasteiger charge is -2.26. The molecule has 0 saturated carbocycles. The molecule has 8 aromatic carbocycles. The predicted octanol–water partition coefficient (Wildman–Crippen LogP) is 12.9. The number of para-hydroxylation sites is 4. The van der Waals surface area contributed by atoms with E-state index in [1.165, 1.54) is 0 Å². The van der Waals surface area contributed by atoms with E-state index in [1.54, 1.807) is 0 Å². The highest BCUT2D eigenvalue weighted by Gasteiger charge is 2.33. The number of hydrogen-bond donors (Lipinski definition) is 0. The molecule has 11 rings (SSSR count). The second-order valence-electron chi connectivity index (χ2n) is 15.2.